The number of aliphatic hydroxyl groups excluding tert-OH is 1. The van der Waals surface area contributed by atoms with Gasteiger partial charge in [-0.15, -0.1) is 0 Å². The third-order valence-electron chi connectivity index (χ3n) is 5.11. The lowest BCUT2D eigenvalue weighted by molar-refractivity contribution is 0.286. The van der Waals surface area contributed by atoms with E-state index in [1.807, 2.05) is 11.8 Å². The summed E-state index contributed by atoms with van der Waals surface area (Å²) in [6.07, 6.45) is 23.5. The molecule has 0 aromatic heterocycles. The van der Waals surface area contributed by atoms with E-state index in [2.05, 4.69) is 0 Å². The Hall–Kier alpha value is 0.310. The fraction of sp³-hybridized carbons (Fsp3) is 1.00. The fourth-order valence-corrected chi connectivity index (χ4v) is 4.09. The number of unbranched alkanes of at least 4 members (excludes halogenated alkanes) is 11. The maximum Gasteiger partial charge on any atom is 0.0521 e. The zero-order chi connectivity index (χ0) is 15.7. The summed E-state index contributed by atoms with van der Waals surface area (Å²) >= 11 is 1.89. The van der Waals surface area contributed by atoms with E-state index >= 15 is 0 Å². The van der Waals surface area contributed by atoms with Crippen LogP contribution in [0.15, 0.2) is 0 Å². The van der Waals surface area contributed by atoms with Gasteiger partial charge in [0.15, 0.2) is 0 Å². The predicted molar refractivity (Wildman–Crippen MR) is 102 cm³/mol. The largest absolute Gasteiger partial charge is 0.396 e. The molecule has 1 nitrogen and oxygen atoms in total. The van der Waals surface area contributed by atoms with E-state index < -0.39 is 0 Å². The van der Waals surface area contributed by atoms with Gasteiger partial charge in [-0.25, -0.2) is 0 Å². The molecule has 0 atom stereocenters. The molecule has 0 spiro atoms. The first-order valence-corrected chi connectivity index (χ1v) is 11.3. The average molecular weight is 329 g/mol. The number of hydrogen-bond donors (Lipinski definition) is 1. The molecule has 0 radical (unpaired) electrons. The second-order valence-electron chi connectivity index (χ2n) is 7.16. The molecule has 1 aliphatic rings. The molecule has 132 valence electrons. The van der Waals surface area contributed by atoms with Crippen LogP contribution in [0.3, 0.4) is 0 Å². The summed E-state index contributed by atoms with van der Waals surface area (Å²) < 4.78 is 0. The maximum absolute atomic E-state index is 8.68. The first-order chi connectivity index (χ1) is 10.9. The number of thioether (sulfide) groups is 1. The summed E-state index contributed by atoms with van der Waals surface area (Å²) in [4.78, 5) is 0. The Kier molecular flexibility index (Phi) is 15.0. The van der Waals surface area contributed by atoms with E-state index in [1.165, 1.54) is 108 Å². The fourth-order valence-electron chi connectivity index (χ4n) is 3.35. The van der Waals surface area contributed by atoms with Crippen molar-refractivity contribution in [1.82, 2.24) is 0 Å². The van der Waals surface area contributed by atoms with Gasteiger partial charge in [0.05, 0.1) is 6.61 Å². The quantitative estimate of drug-likeness (QED) is 0.304. The third kappa shape index (κ3) is 12.8. The van der Waals surface area contributed by atoms with Gasteiger partial charge in [0.2, 0.25) is 0 Å². The van der Waals surface area contributed by atoms with Gasteiger partial charge in [0, 0.05) is 5.75 Å². The second kappa shape index (κ2) is 16.2. The van der Waals surface area contributed by atoms with E-state index in [0.29, 0.717) is 6.61 Å². The van der Waals surface area contributed by atoms with Crippen LogP contribution in [-0.4, -0.2) is 23.2 Å². The van der Waals surface area contributed by atoms with E-state index in [9.17, 15) is 0 Å². The Balaban J connectivity index is 1.61. The van der Waals surface area contributed by atoms with Gasteiger partial charge in [-0.1, -0.05) is 96.3 Å². The molecule has 1 aliphatic carbocycles. The first-order valence-electron chi connectivity index (χ1n) is 10.1. The predicted octanol–water partition coefficient (Wildman–Crippen LogP) is 6.58. The summed E-state index contributed by atoms with van der Waals surface area (Å²) in [6.45, 7) is 0.338. The Labute approximate surface area is 144 Å². The van der Waals surface area contributed by atoms with Gasteiger partial charge < -0.3 is 5.11 Å². The molecule has 0 bridgehead atoms. The molecule has 22 heavy (non-hydrogen) atoms. The van der Waals surface area contributed by atoms with E-state index in [1.54, 1.807) is 0 Å². The van der Waals surface area contributed by atoms with Gasteiger partial charge in [-0.2, -0.15) is 11.8 Å². The van der Waals surface area contributed by atoms with Crippen LogP contribution in [0.25, 0.3) is 0 Å². The standard InChI is InChI=1S/C20H40OS/c21-17-19-22-18-12-10-8-6-4-2-1-3-5-7-9-11-14-20-15-13-16-20/h20-21H,1-19H2. The molecule has 0 aromatic rings. The van der Waals surface area contributed by atoms with Gasteiger partial charge in [0.1, 0.15) is 0 Å². The van der Waals surface area contributed by atoms with Gasteiger partial charge in [0.25, 0.3) is 0 Å². The van der Waals surface area contributed by atoms with Crippen LogP contribution in [0.4, 0.5) is 0 Å². The second-order valence-corrected chi connectivity index (χ2v) is 8.39. The van der Waals surface area contributed by atoms with Crippen molar-refractivity contribution in [1.29, 1.82) is 0 Å². The minimum absolute atomic E-state index is 0.338. The minimum Gasteiger partial charge on any atom is -0.396 e. The smallest absolute Gasteiger partial charge is 0.0521 e. The normalized spacial score (nSPS) is 15.1. The third-order valence-corrected chi connectivity index (χ3v) is 6.16. The molecular formula is C20H40OS. The zero-order valence-corrected chi connectivity index (χ0v) is 15.7. The van der Waals surface area contributed by atoms with Crippen LogP contribution >= 0.6 is 11.8 Å². The molecule has 0 amide bonds. The minimum atomic E-state index is 0.338. The lowest BCUT2D eigenvalue weighted by atomic mass is 9.81. The van der Waals surface area contributed by atoms with Crippen LogP contribution in [0.2, 0.25) is 0 Å². The summed E-state index contributed by atoms with van der Waals surface area (Å²) in [5, 5.41) is 8.68. The molecule has 0 aromatic carbocycles. The highest BCUT2D eigenvalue weighted by atomic mass is 32.2. The average Bonchev–Trinajstić information content (AvgIpc) is 2.48. The highest BCUT2D eigenvalue weighted by Gasteiger charge is 2.15. The highest BCUT2D eigenvalue weighted by molar-refractivity contribution is 7.99. The van der Waals surface area contributed by atoms with Crippen molar-refractivity contribution in [3.63, 3.8) is 0 Å². The Morgan fingerprint density at radius 2 is 1.14 bits per heavy atom. The van der Waals surface area contributed by atoms with Crippen LogP contribution in [0.5, 0.6) is 0 Å². The van der Waals surface area contributed by atoms with Crippen molar-refractivity contribution < 1.29 is 5.11 Å². The molecular weight excluding hydrogens is 288 g/mol. The monoisotopic (exact) mass is 328 g/mol. The van der Waals surface area contributed by atoms with Gasteiger partial charge in [-0.3, -0.25) is 0 Å². The highest BCUT2D eigenvalue weighted by Crippen LogP contribution is 2.31. The maximum atomic E-state index is 8.68. The summed E-state index contributed by atoms with van der Waals surface area (Å²) in [7, 11) is 0. The van der Waals surface area contributed by atoms with E-state index in [0.717, 1.165) is 11.7 Å². The van der Waals surface area contributed by atoms with Crippen molar-refractivity contribution >= 4 is 11.8 Å². The number of hydrogen-bond acceptors (Lipinski definition) is 2. The van der Waals surface area contributed by atoms with Crippen molar-refractivity contribution in [3.8, 4) is 0 Å². The van der Waals surface area contributed by atoms with Crippen LogP contribution in [0.1, 0.15) is 103 Å². The molecule has 0 aliphatic heterocycles. The van der Waals surface area contributed by atoms with Crippen molar-refractivity contribution in [2.75, 3.05) is 18.1 Å². The molecule has 0 unspecified atom stereocenters. The summed E-state index contributed by atoms with van der Waals surface area (Å²) in [5.41, 5.74) is 0. The molecule has 1 fully saturated rings. The Bertz CT molecular complexity index is 216. The van der Waals surface area contributed by atoms with Crippen LogP contribution in [-0.2, 0) is 0 Å². The van der Waals surface area contributed by atoms with Crippen LogP contribution in [0, 0.1) is 5.92 Å². The summed E-state index contributed by atoms with van der Waals surface area (Å²) in [6, 6.07) is 0. The topological polar surface area (TPSA) is 20.2 Å². The molecule has 1 rings (SSSR count). The molecule has 0 saturated heterocycles. The lowest BCUT2D eigenvalue weighted by Gasteiger charge is -2.24. The SMILES string of the molecule is OCCSCCCCCCCCCCCCCCC1CCC1. The molecule has 0 heterocycles. The number of rotatable bonds is 17. The zero-order valence-electron chi connectivity index (χ0n) is 14.9. The molecule has 1 saturated carbocycles. The van der Waals surface area contributed by atoms with Crippen molar-refractivity contribution in [3.05, 3.63) is 0 Å². The van der Waals surface area contributed by atoms with Gasteiger partial charge >= 0.3 is 0 Å². The Morgan fingerprint density at radius 3 is 1.59 bits per heavy atom. The molecule has 1 N–H and O–H groups in total. The lowest BCUT2D eigenvalue weighted by Crippen LogP contribution is -2.10. The number of aliphatic hydroxyl groups is 1. The van der Waals surface area contributed by atoms with Crippen molar-refractivity contribution in [2.45, 2.75) is 103 Å². The first kappa shape index (κ1) is 20.4. The van der Waals surface area contributed by atoms with E-state index in [-0.39, 0.29) is 0 Å². The summed E-state index contributed by atoms with van der Waals surface area (Å²) in [5.74, 6) is 3.27. The van der Waals surface area contributed by atoms with Crippen LogP contribution < -0.4 is 0 Å². The van der Waals surface area contributed by atoms with Crippen molar-refractivity contribution in [2.24, 2.45) is 5.92 Å². The van der Waals surface area contributed by atoms with Gasteiger partial charge in [-0.05, 0) is 18.1 Å². The molecule has 2 heteroatoms. The Morgan fingerprint density at radius 1 is 0.636 bits per heavy atom. The van der Waals surface area contributed by atoms with E-state index in [4.69, 9.17) is 5.11 Å².